The minimum Gasteiger partial charge on any atom is -0.461 e. The largest absolute Gasteiger partial charge is 0.461 e. The van der Waals surface area contributed by atoms with E-state index in [4.69, 9.17) is 10.00 Å². The number of esters is 1. The van der Waals surface area contributed by atoms with E-state index in [1.807, 2.05) is 6.07 Å². The van der Waals surface area contributed by atoms with Crippen LogP contribution in [0.25, 0.3) is 0 Å². The summed E-state index contributed by atoms with van der Waals surface area (Å²) >= 11 is 0. The number of H-pyrrole nitrogens is 1. The normalized spacial score (nSPS) is 17.2. The molecule has 1 aliphatic carbocycles. The molecule has 0 atom stereocenters. The van der Waals surface area contributed by atoms with E-state index in [-0.39, 0.29) is 5.97 Å². The molecule has 19 heavy (non-hydrogen) atoms. The van der Waals surface area contributed by atoms with Crippen molar-refractivity contribution in [2.45, 2.75) is 44.9 Å². The van der Waals surface area contributed by atoms with Gasteiger partial charge in [-0.1, -0.05) is 32.1 Å². The molecule has 2 rings (SSSR count). The quantitative estimate of drug-likeness (QED) is 0.847. The van der Waals surface area contributed by atoms with Gasteiger partial charge in [-0.3, -0.25) is 0 Å². The van der Waals surface area contributed by atoms with E-state index in [1.165, 1.54) is 32.1 Å². The Kier molecular flexibility index (Phi) is 5.02. The zero-order chi connectivity index (χ0) is 13.5. The van der Waals surface area contributed by atoms with E-state index in [2.05, 4.69) is 4.98 Å². The predicted octanol–water partition coefficient (Wildman–Crippen LogP) is 3.40. The summed E-state index contributed by atoms with van der Waals surface area (Å²) < 4.78 is 5.34. The molecule has 1 aliphatic rings. The van der Waals surface area contributed by atoms with Gasteiger partial charge >= 0.3 is 5.97 Å². The van der Waals surface area contributed by atoms with Crippen LogP contribution >= 0.6 is 0 Å². The van der Waals surface area contributed by atoms with Crippen molar-refractivity contribution < 1.29 is 9.53 Å². The molecule has 1 heterocycles. The Bertz CT molecular complexity index is 451. The first kappa shape index (κ1) is 13.7. The molecule has 1 fully saturated rings. The maximum atomic E-state index is 11.8. The van der Waals surface area contributed by atoms with Crippen molar-refractivity contribution in [1.82, 2.24) is 4.98 Å². The molecule has 1 aromatic heterocycles. The van der Waals surface area contributed by atoms with E-state index < -0.39 is 0 Å². The standard InChI is InChI=1S/C15H20N2O2/c16-10-13-8-9-14(17-13)15(18)19-11-12-6-4-2-1-3-5-7-12/h8-9,12,17H,1-7,11H2. The second kappa shape index (κ2) is 6.98. The summed E-state index contributed by atoms with van der Waals surface area (Å²) in [6.07, 6.45) is 8.72. The Morgan fingerprint density at radius 3 is 2.58 bits per heavy atom. The van der Waals surface area contributed by atoms with Crippen LogP contribution in [-0.2, 0) is 4.74 Å². The van der Waals surface area contributed by atoms with Crippen LogP contribution in [0.3, 0.4) is 0 Å². The fourth-order valence-corrected chi connectivity index (χ4v) is 2.56. The number of nitrogens with zero attached hydrogens (tertiary/aromatic N) is 1. The highest BCUT2D eigenvalue weighted by Gasteiger charge is 2.15. The molecule has 0 saturated heterocycles. The Balaban J connectivity index is 1.80. The summed E-state index contributed by atoms with van der Waals surface area (Å²) in [5, 5.41) is 8.69. The number of nitriles is 1. The molecular formula is C15H20N2O2. The molecule has 102 valence electrons. The third kappa shape index (κ3) is 4.13. The predicted molar refractivity (Wildman–Crippen MR) is 71.6 cm³/mol. The lowest BCUT2D eigenvalue weighted by atomic mass is 9.92. The van der Waals surface area contributed by atoms with E-state index in [0.29, 0.717) is 23.9 Å². The topological polar surface area (TPSA) is 65.9 Å². The third-order valence-corrected chi connectivity index (χ3v) is 3.70. The van der Waals surface area contributed by atoms with Gasteiger partial charge in [-0.2, -0.15) is 5.26 Å². The summed E-state index contributed by atoms with van der Waals surface area (Å²) in [7, 11) is 0. The maximum Gasteiger partial charge on any atom is 0.354 e. The number of hydrogen-bond donors (Lipinski definition) is 1. The number of rotatable bonds is 3. The zero-order valence-electron chi connectivity index (χ0n) is 11.2. The van der Waals surface area contributed by atoms with Crippen molar-refractivity contribution in [3.05, 3.63) is 23.5 Å². The van der Waals surface area contributed by atoms with Crippen LogP contribution in [-0.4, -0.2) is 17.6 Å². The second-order valence-corrected chi connectivity index (χ2v) is 5.21. The number of ether oxygens (including phenoxy) is 1. The van der Waals surface area contributed by atoms with Crippen molar-refractivity contribution in [3.63, 3.8) is 0 Å². The molecule has 1 saturated carbocycles. The average molecular weight is 260 g/mol. The first-order valence-corrected chi connectivity index (χ1v) is 7.06. The molecule has 4 heteroatoms. The lowest BCUT2D eigenvalue weighted by Gasteiger charge is -2.19. The van der Waals surface area contributed by atoms with Crippen molar-refractivity contribution in [1.29, 1.82) is 5.26 Å². The Morgan fingerprint density at radius 1 is 1.26 bits per heavy atom. The van der Waals surface area contributed by atoms with E-state index >= 15 is 0 Å². The second-order valence-electron chi connectivity index (χ2n) is 5.21. The molecule has 1 N–H and O–H groups in total. The highest BCUT2D eigenvalue weighted by molar-refractivity contribution is 5.87. The van der Waals surface area contributed by atoms with Gasteiger partial charge < -0.3 is 9.72 Å². The van der Waals surface area contributed by atoms with Crippen molar-refractivity contribution in [3.8, 4) is 6.07 Å². The van der Waals surface area contributed by atoms with Gasteiger partial charge in [0.25, 0.3) is 0 Å². The van der Waals surface area contributed by atoms with E-state index in [1.54, 1.807) is 12.1 Å². The number of hydrogen-bond acceptors (Lipinski definition) is 3. The third-order valence-electron chi connectivity index (χ3n) is 3.70. The Hall–Kier alpha value is -1.76. The van der Waals surface area contributed by atoms with Crippen molar-refractivity contribution in [2.75, 3.05) is 6.61 Å². The van der Waals surface area contributed by atoms with Crippen LogP contribution in [0.5, 0.6) is 0 Å². The summed E-state index contributed by atoms with van der Waals surface area (Å²) in [6, 6.07) is 5.15. The number of carbonyl (C=O) groups is 1. The molecule has 0 spiro atoms. The van der Waals surface area contributed by atoms with E-state index in [9.17, 15) is 4.79 Å². The average Bonchev–Trinajstić information content (AvgIpc) is 2.86. The van der Waals surface area contributed by atoms with Crippen LogP contribution in [0, 0.1) is 17.2 Å². The first-order chi connectivity index (χ1) is 9.29. The minimum atomic E-state index is -0.358. The first-order valence-electron chi connectivity index (χ1n) is 7.06. The van der Waals surface area contributed by atoms with Crippen LogP contribution in [0.1, 0.15) is 61.1 Å². The zero-order valence-corrected chi connectivity index (χ0v) is 11.2. The summed E-state index contributed by atoms with van der Waals surface area (Å²) in [5.74, 6) is 0.137. The fraction of sp³-hybridized carbons (Fsp3) is 0.600. The van der Waals surface area contributed by atoms with Gasteiger partial charge in [0.2, 0.25) is 0 Å². The summed E-state index contributed by atoms with van der Waals surface area (Å²) in [5.41, 5.74) is 0.750. The molecule has 0 unspecified atom stereocenters. The van der Waals surface area contributed by atoms with Crippen molar-refractivity contribution >= 4 is 5.97 Å². The van der Waals surface area contributed by atoms with Gasteiger partial charge in [0.15, 0.2) is 0 Å². The molecule has 0 bridgehead atoms. The number of nitrogens with one attached hydrogen (secondary N) is 1. The van der Waals surface area contributed by atoms with Gasteiger partial charge in [0, 0.05) is 0 Å². The van der Waals surface area contributed by atoms with Gasteiger partial charge in [-0.15, -0.1) is 0 Å². The monoisotopic (exact) mass is 260 g/mol. The van der Waals surface area contributed by atoms with Crippen LogP contribution in [0.2, 0.25) is 0 Å². The van der Waals surface area contributed by atoms with Gasteiger partial charge in [-0.05, 0) is 30.9 Å². The highest BCUT2D eigenvalue weighted by atomic mass is 16.5. The minimum absolute atomic E-state index is 0.358. The van der Waals surface area contributed by atoms with Crippen LogP contribution in [0.15, 0.2) is 12.1 Å². The van der Waals surface area contributed by atoms with Crippen LogP contribution < -0.4 is 0 Å². The Labute approximate surface area is 113 Å². The van der Waals surface area contributed by atoms with Gasteiger partial charge in [-0.25, -0.2) is 4.79 Å². The molecule has 0 amide bonds. The molecule has 0 aromatic carbocycles. The van der Waals surface area contributed by atoms with Crippen LogP contribution in [0.4, 0.5) is 0 Å². The SMILES string of the molecule is N#Cc1ccc(C(=O)OCC2CCCCCCC2)[nH]1. The fourth-order valence-electron chi connectivity index (χ4n) is 2.56. The summed E-state index contributed by atoms with van der Waals surface area (Å²) in [6.45, 7) is 0.500. The maximum absolute atomic E-state index is 11.8. The molecule has 4 nitrogen and oxygen atoms in total. The number of aromatic nitrogens is 1. The van der Waals surface area contributed by atoms with E-state index in [0.717, 1.165) is 12.8 Å². The Morgan fingerprint density at radius 2 is 1.95 bits per heavy atom. The van der Waals surface area contributed by atoms with Gasteiger partial charge in [0.1, 0.15) is 17.5 Å². The highest BCUT2D eigenvalue weighted by Crippen LogP contribution is 2.22. The van der Waals surface area contributed by atoms with Gasteiger partial charge in [0.05, 0.1) is 6.61 Å². The lowest BCUT2D eigenvalue weighted by Crippen LogP contribution is -2.15. The number of aromatic amines is 1. The smallest absolute Gasteiger partial charge is 0.354 e. The van der Waals surface area contributed by atoms with Crippen molar-refractivity contribution in [2.24, 2.45) is 5.92 Å². The molecule has 0 radical (unpaired) electrons. The molecule has 1 aromatic rings. The molecule has 0 aliphatic heterocycles. The lowest BCUT2D eigenvalue weighted by molar-refractivity contribution is 0.0413. The number of carbonyl (C=O) groups excluding carboxylic acids is 1. The summed E-state index contributed by atoms with van der Waals surface area (Å²) in [4.78, 5) is 14.5. The molecular weight excluding hydrogens is 240 g/mol.